The number of anilines is 1. The molecule has 0 spiro atoms. The average Bonchev–Trinajstić information content (AvgIpc) is 2.80. The highest BCUT2D eigenvalue weighted by Gasteiger charge is 2.17. The second-order valence-corrected chi connectivity index (χ2v) is 5.08. The maximum Gasteiger partial charge on any atom is 0.182 e. The van der Waals surface area contributed by atoms with Gasteiger partial charge in [-0.05, 0) is 41.5 Å². The zero-order valence-electron chi connectivity index (χ0n) is 10.6. The van der Waals surface area contributed by atoms with E-state index in [0.717, 1.165) is 5.56 Å². The number of benzene rings is 1. The van der Waals surface area contributed by atoms with E-state index in [1.807, 2.05) is 10.7 Å². The van der Waals surface area contributed by atoms with Gasteiger partial charge in [0.05, 0.1) is 16.8 Å². The van der Waals surface area contributed by atoms with Crippen LogP contribution in [0.5, 0.6) is 0 Å². The lowest BCUT2D eigenvalue weighted by Gasteiger charge is -2.17. The standard InChI is InChI=1S/C12H16ClN5/c1-7(2)8(3)18-12(15-16-17-18)9-4-5-10(13)11(14)6-9/h4-8H,14H2,1-3H3. The van der Waals surface area contributed by atoms with E-state index >= 15 is 0 Å². The Balaban J connectivity index is 2.45. The van der Waals surface area contributed by atoms with E-state index in [9.17, 15) is 0 Å². The van der Waals surface area contributed by atoms with Crippen LogP contribution in [-0.4, -0.2) is 20.2 Å². The van der Waals surface area contributed by atoms with Crippen LogP contribution in [0, 0.1) is 5.92 Å². The fraction of sp³-hybridized carbons (Fsp3) is 0.417. The van der Waals surface area contributed by atoms with Gasteiger partial charge < -0.3 is 5.73 Å². The smallest absolute Gasteiger partial charge is 0.182 e. The van der Waals surface area contributed by atoms with Crippen molar-refractivity contribution >= 4 is 17.3 Å². The van der Waals surface area contributed by atoms with E-state index in [4.69, 9.17) is 17.3 Å². The maximum absolute atomic E-state index is 5.91. The summed E-state index contributed by atoms with van der Waals surface area (Å²) in [6, 6.07) is 5.63. The lowest BCUT2D eigenvalue weighted by Crippen LogP contribution is -2.14. The van der Waals surface area contributed by atoms with Gasteiger partial charge in [-0.2, -0.15) is 0 Å². The Labute approximate surface area is 111 Å². The van der Waals surface area contributed by atoms with Crippen LogP contribution in [-0.2, 0) is 0 Å². The quantitative estimate of drug-likeness (QED) is 0.867. The molecule has 0 aliphatic carbocycles. The Morgan fingerprint density at radius 1 is 1.28 bits per heavy atom. The number of tetrazole rings is 1. The lowest BCUT2D eigenvalue weighted by atomic mass is 10.1. The summed E-state index contributed by atoms with van der Waals surface area (Å²) >= 11 is 5.91. The minimum absolute atomic E-state index is 0.215. The van der Waals surface area contributed by atoms with E-state index in [2.05, 4.69) is 36.3 Å². The summed E-state index contributed by atoms with van der Waals surface area (Å²) in [5.74, 6) is 1.15. The third-order valence-electron chi connectivity index (χ3n) is 3.10. The van der Waals surface area contributed by atoms with Gasteiger partial charge in [0.2, 0.25) is 0 Å². The molecule has 1 unspecified atom stereocenters. The van der Waals surface area contributed by atoms with Crippen molar-refractivity contribution in [3.8, 4) is 11.4 Å². The van der Waals surface area contributed by atoms with Gasteiger partial charge in [-0.3, -0.25) is 0 Å². The molecule has 0 radical (unpaired) electrons. The van der Waals surface area contributed by atoms with Gasteiger partial charge in [-0.25, -0.2) is 4.68 Å². The number of halogens is 1. The highest BCUT2D eigenvalue weighted by molar-refractivity contribution is 6.33. The minimum atomic E-state index is 0.215. The van der Waals surface area contributed by atoms with Gasteiger partial charge in [0.15, 0.2) is 5.82 Å². The molecule has 96 valence electrons. The third-order valence-corrected chi connectivity index (χ3v) is 3.44. The summed E-state index contributed by atoms with van der Waals surface area (Å²) in [4.78, 5) is 0. The number of hydrogen-bond donors (Lipinski definition) is 1. The molecule has 2 rings (SSSR count). The molecule has 18 heavy (non-hydrogen) atoms. The van der Waals surface area contributed by atoms with Crippen LogP contribution in [0.1, 0.15) is 26.8 Å². The SMILES string of the molecule is CC(C)C(C)n1nnnc1-c1ccc(Cl)c(N)c1. The molecule has 2 aromatic rings. The first-order valence-electron chi connectivity index (χ1n) is 5.84. The van der Waals surface area contributed by atoms with Crippen LogP contribution in [0.3, 0.4) is 0 Å². The second kappa shape index (κ2) is 4.94. The largest absolute Gasteiger partial charge is 0.398 e. The first-order valence-corrected chi connectivity index (χ1v) is 6.21. The highest BCUT2D eigenvalue weighted by Crippen LogP contribution is 2.27. The molecule has 0 fully saturated rings. The highest BCUT2D eigenvalue weighted by atomic mass is 35.5. The minimum Gasteiger partial charge on any atom is -0.398 e. The summed E-state index contributed by atoms with van der Waals surface area (Å²) in [7, 11) is 0. The number of nitrogens with two attached hydrogens (primary N) is 1. The zero-order valence-corrected chi connectivity index (χ0v) is 11.4. The van der Waals surface area contributed by atoms with Crippen molar-refractivity contribution in [1.29, 1.82) is 0 Å². The molecule has 1 aromatic carbocycles. The predicted molar refractivity (Wildman–Crippen MR) is 72.2 cm³/mol. The van der Waals surface area contributed by atoms with Crippen LogP contribution < -0.4 is 5.73 Å². The number of rotatable bonds is 3. The van der Waals surface area contributed by atoms with Crippen molar-refractivity contribution < 1.29 is 0 Å². The molecule has 0 saturated heterocycles. The molecular formula is C12H16ClN5. The number of nitrogens with zero attached hydrogens (tertiary/aromatic N) is 4. The fourth-order valence-corrected chi connectivity index (χ4v) is 1.74. The summed E-state index contributed by atoms with van der Waals surface area (Å²) in [5.41, 5.74) is 7.20. The molecule has 1 atom stereocenters. The zero-order chi connectivity index (χ0) is 13.3. The van der Waals surface area contributed by atoms with E-state index < -0.39 is 0 Å². The monoisotopic (exact) mass is 265 g/mol. The molecule has 1 aromatic heterocycles. The maximum atomic E-state index is 5.91. The summed E-state index contributed by atoms with van der Waals surface area (Å²) < 4.78 is 1.81. The van der Waals surface area contributed by atoms with Gasteiger partial charge in [0.25, 0.3) is 0 Å². The van der Waals surface area contributed by atoms with Crippen LogP contribution in [0.15, 0.2) is 18.2 Å². The Morgan fingerprint density at radius 2 is 2.00 bits per heavy atom. The van der Waals surface area contributed by atoms with E-state index in [1.54, 1.807) is 12.1 Å². The van der Waals surface area contributed by atoms with Crippen LogP contribution in [0.4, 0.5) is 5.69 Å². The van der Waals surface area contributed by atoms with Crippen LogP contribution >= 0.6 is 11.6 Å². The normalized spacial score (nSPS) is 12.9. The van der Waals surface area contributed by atoms with Gasteiger partial charge in [0.1, 0.15) is 0 Å². The number of hydrogen-bond acceptors (Lipinski definition) is 4. The van der Waals surface area contributed by atoms with Gasteiger partial charge >= 0.3 is 0 Å². The van der Waals surface area contributed by atoms with Crippen molar-refractivity contribution in [3.05, 3.63) is 23.2 Å². The summed E-state index contributed by atoms with van der Waals surface area (Å²) in [5, 5.41) is 12.4. The molecule has 0 bridgehead atoms. The molecule has 0 aliphatic rings. The Morgan fingerprint density at radius 3 is 2.61 bits per heavy atom. The third kappa shape index (κ3) is 2.31. The lowest BCUT2D eigenvalue weighted by molar-refractivity contribution is 0.371. The molecular weight excluding hydrogens is 250 g/mol. The van der Waals surface area contributed by atoms with Gasteiger partial charge in [-0.15, -0.1) is 5.10 Å². The Kier molecular flexibility index (Phi) is 3.52. The fourth-order valence-electron chi connectivity index (χ4n) is 1.62. The first kappa shape index (κ1) is 12.8. The molecule has 0 amide bonds. The van der Waals surface area contributed by atoms with Crippen molar-refractivity contribution in [2.24, 2.45) is 5.92 Å². The molecule has 0 aliphatic heterocycles. The number of nitrogen functional groups attached to an aromatic ring is 1. The average molecular weight is 266 g/mol. The van der Waals surface area contributed by atoms with Crippen molar-refractivity contribution in [1.82, 2.24) is 20.2 Å². The van der Waals surface area contributed by atoms with Gasteiger partial charge in [0, 0.05) is 5.56 Å². The van der Waals surface area contributed by atoms with E-state index in [-0.39, 0.29) is 6.04 Å². The summed E-state index contributed by atoms with van der Waals surface area (Å²) in [6.07, 6.45) is 0. The van der Waals surface area contributed by atoms with Gasteiger partial charge in [-0.1, -0.05) is 25.4 Å². The van der Waals surface area contributed by atoms with Crippen molar-refractivity contribution in [3.63, 3.8) is 0 Å². The predicted octanol–water partition coefficient (Wildman–Crippen LogP) is 2.79. The Hall–Kier alpha value is -1.62. The number of aromatic nitrogens is 4. The van der Waals surface area contributed by atoms with Crippen molar-refractivity contribution in [2.75, 3.05) is 5.73 Å². The molecule has 2 N–H and O–H groups in total. The van der Waals surface area contributed by atoms with Crippen LogP contribution in [0.2, 0.25) is 5.02 Å². The topological polar surface area (TPSA) is 69.6 Å². The first-order chi connectivity index (χ1) is 8.50. The summed E-state index contributed by atoms with van der Waals surface area (Å²) in [6.45, 7) is 6.35. The second-order valence-electron chi connectivity index (χ2n) is 4.67. The van der Waals surface area contributed by atoms with Crippen molar-refractivity contribution in [2.45, 2.75) is 26.8 Å². The Bertz CT molecular complexity index is 549. The molecule has 6 heteroatoms. The molecule has 5 nitrogen and oxygen atoms in total. The molecule has 0 saturated carbocycles. The van der Waals surface area contributed by atoms with Crippen LogP contribution in [0.25, 0.3) is 11.4 Å². The van der Waals surface area contributed by atoms with E-state index in [1.165, 1.54) is 0 Å². The molecule has 1 heterocycles. The van der Waals surface area contributed by atoms with E-state index in [0.29, 0.717) is 22.5 Å².